The highest BCUT2D eigenvalue weighted by Gasteiger charge is 2.07. The average molecular weight is 234 g/mol. The summed E-state index contributed by atoms with van der Waals surface area (Å²) in [6, 6.07) is 7.70. The molecule has 94 valence electrons. The fourth-order valence-electron chi connectivity index (χ4n) is 1.61. The molecule has 0 aliphatic rings. The summed E-state index contributed by atoms with van der Waals surface area (Å²) in [5.74, 6) is 0.828. The maximum absolute atomic E-state index is 11.9. The van der Waals surface area contributed by atoms with E-state index in [0.717, 1.165) is 24.2 Å². The number of carbonyl (C=O) groups is 1. The van der Waals surface area contributed by atoms with Crippen molar-refractivity contribution < 1.29 is 9.53 Å². The molecule has 0 aliphatic heterocycles. The third-order valence-corrected chi connectivity index (χ3v) is 2.76. The first-order valence-corrected chi connectivity index (χ1v) is 6.28. The minimum atomic E-state index is 0.174. The van der Waals surface area contributed by atoms with Gasteiger partial charge in [0.2, 0.25) is 0 Å². The van der Waals surface area contributed by atoms with Crippen LogP contribution in [0, 0.1) is 12.8 Å². The van der Waals surface area contributed by atoms with Crippen molar-refractivity contribution in [3.63, 3.8) is 0 Å². The molecular weight excluding hydrogens is 212 g/mol. The SMILES string of the molecule is Cc1ccccc1C(=O)CCOCCC(C)C. The zero-order chi connectivity index (χ0) is 12.7. The van der Waals surface area contributed by atoms with Gasteiger partial charge in [-0.05, 0) is 24.8 Å². The van der Waals surface area contributed by atoms with E-state index in [-0.39, 0.29) is 5.78 Å². The molecule has 0 saturated heterocycles. The van der Waals surface area contributed by atoms with Crippen LogP contribution in [-0.4, -0.2) is 19.0 Å². The Kier molecular flexibility index (Phi) is 5.92. The Morgan fingerprint density at radius 3 is 2.59 bits per heavy atom. The van der Waals surface area contributed by atoms with Crippen LogP contribution in [0.3, 0.4) is 0 Å². The minimum Gasteiger partial charge on any atom is -0.381 e. The normalized spacial score (nSPS) is 10.8. The van der Waals surface area contributed by atoms with Crippen LogP contribution in [0.25, 0.3) is 0 Å². The Balaban J connectivity index is 2.29. The van der Waals surface area contributed by atoms with E-state index in [1.807, 2.05) is 31.2 Å². The Hall–Kier alpha value is -1.15. The van der Waals surface area contributed by atoms with E-state index in [1.54, 1.807) is 0 Å². The quantitative estimate of drug-likeness (QED) is 0.532. The second kappa shape index (κ2) is 7.23. The van der Waals surface area contributed by atoms with Gasteiger partial charge >= 0.3 is 0 Å². The van der Waals surface area contributed by atoms with Crippen molar-refractivity contribution in [2.24, 2.45) is 5.92 Å². The van der Waals surface area contributed by atoms with Gasteiger partial charge < -0.3 is 4.74 Å². The molecule has 0 N–H and O–H groups in total. The van der Waals surface area contributed by atoms with E-state index >= 15 is 0 Å². The van der Waals surface area contributed by atoms with Crippen molar-refractivity contribution >= 4 is 5.78 Å². The highest BCUT2D eigenvalue weighted by atomic mass is 16.5. The van der Waals surface area contributed by atoms with Crippen molar-refractivity contribution in [2.45, 2.75) is 33.6 Å². The van der Waals surface area contributed by atoms with Gasteiger partial charge in [-0.3, -0.25) is 4.79 Å². The van der Waals surface area contributed by atoms with Crippen LogP contribution in [0.1, 0.15) is 42.6 Å². The molecule has 1 rings (SSSR count). The number of hydrogen-bond acceptors (Lipinski definition) is 2. The predicted octanol–water partition coefficient (Wildman–Crippen LogP) is 3.63. The summed E-state index contributed by atoms with van der Waals surface area (Å²) in [7, 11) is 0. The van der Waals surface area contributed by atoms with Gasteiger partial charge in [0, 0.05) is 18.6 Å². The standard InChI is InChI=1S/C15H22O2/c1-12(2)8-10-17-11-9-15(16)14-7-5-4-6-13(14)3/h4-7,12H,8-11H2,1-3H3. The molecule has 0 heterocycles. The van der Waals surface area contributed by atoms with Gasteiger partial charge in [0.1, 0.15) is 0 Å². The van der Waals surface area contributed by atoms with Crippen molar-refractivity contribution in [3.05, 3.63) is 35.4 Å². The van der Waals surface area contributed by atoms with E-state index in [2.05, 4.69) is 13.8 Å². The van der Waals surface area contributed by atoms with Gasteiger partial charge in [-0.25, -0.2) is 0 Å². The van der Waals surface area contributed by atoms with E-state index in [9.17, 15) is 4.79 Å². The number of ketones is 1. The summed E-state index contributed by atoms with van der Waals surface area (Å²) in [5, 5.41) is 0. The lowest BCUT2D eigenvalue weighted by molar-refractivity contribution is 0.0860. The second-order valence-corrected chi connectivity index (χ2v) is 4.78. The Bertz CT molecular complexity index is 356. The lowest BCUT2D eigenvalue weighted by atomic mass is 10.0. The number of hydrogen-bond donors (Lipinski definition) is 0. The summed E-state index contributed by atoms with van der Waals surface area (Å²) in [6.45, 7) is 7.58. The third-order valence-electron chi connectivity index (χ3n) is 2.76. The fraction of sp³-hybridized carbons (Fsp3) is 0.533. The number of ether oxygens (including phenoxy) is 1. The molecule has 0 unspecified atom stereocenters. The number of carbonyl (C=O) groups excluding carboxylic acids is 1. The van der Waals surface area contributed by atoms with Crippen molar-refractivity contribution in [3.8, 4) is 0 Å². The summed E-state index contributed by atoms with van der Waals surface area (Å²) in [6.07, 6.45) is 1.53. The lowest BCUT2D eigenvalue weighted by Gasteiger charge is -2.07. The highest BCUT2D eigenvalue weighted by Crippen LogP contribution is 2.10. The molecule has 0 bridgehead atoms. The third kappa shape index (κ3) is 5.14. The summed E-state index contributed by atoms with van der Waals surface area (Å²) < 4.78 is 5.46. The zero-order valence-corrected chi connectivity index (χ0v) is 11.0. The van der Waals surface area contributed by atoms with Gasteiger partial charge in [-0.2, -0.15) is 0 Å². The molecule has 1 aromatic rings. The Morgan fingerprint density at radius 1 is 1.24 bits per heavy atom. The van der Waals surface area contributed by atoms with Crippen molar-refractivity contribution in [2.75, 3.05) is 13.2 Å². The largest absolute Gasteiger partial charge is 0.381 e. The Labute approximate surface area is 104 Å². The molecule has 2 nitrogen and oxygen atoms in total. The zero-order valence-electron chi connectivity index (χ0n) is 11.0. The first-order valence-electron chi connectivity index (χ1n) is 6.28. The molecule has 0 aromatic heterocycles. The number of rotatable bonds is 7. The molecule has 2 heteroatoms. The molecule has 0 fully saturated rings. The van der Waals surface area contributed by atoms with Gasteiger partial charge in [0.15, 0.2) is 5.78 Å². The van der Waals surface area contributed by atoms with E-state index in [1.165, 1.54) is 0 Å². The smallest absolute Gasteiger partial charge is 0.165 e. The van der Waals surface area contributed by atoms with Gasteiger partial charge in [0.05, 0.1) is 6.61 Å². The van der Waals surface area contributed by atoms with Crippen LogP contribution in [0.4, 0.5) is 0 Å². The average Bonchev–Trinajstić information content (AvgIpc) is 2.28. The molecule has 0 radical (unpaired) electrons. The van der Waals surface area contributed by atoms with Crippen LogP contribution in [-0.2, 0) is 4.74 Å². The van der Waals surface area contributed by atoms with Crippen LogP contribution in [0.2, 0.25) is 0 Å². The van der Waals surface area contributed by atoms with E-state index < -0.39 is 0 Å². The van der Waals surface area contributed by atoms with Crippen LogP contribution in [0.5, 0.6) is 0 Å². The number of Topliss-reactive ketones (excluding diaryl/α,β-unsaturated/α-hetero) is 1. The molecule has 0 atom stereocenters. The van der Waals surface area contributed by atoms with Crippen molar-refractivity contribution in [1.82, 2.24) is 0 Å². The highest BCUT2D eigenvalue weighted by molar-refractivity contribution is 5.97. The maximum Gasteiger partial charge on any atom is 0.165 e. The van der Waals surface area contributed by atoms with E-state index in [4.69, 9.17) is 4.74 Å². The lowest BCUT2D eigenvalue weighted by Crippen LogP contribution is -2.07. The fourth-order valence-corrected chi connectivity index (χ4v) is 1.61. The molecule has 0 saturated carbocycles. The summed E-state index contributed by atoms with van der Waals surface area (Å²) >= 11 is 0. The minimum absolute atomic E-state index is 0.174. The van der Waals surface area contributed by atoms with Crippen LogP contribution in [0.15, 0.2) is 24.3 Å². The topological polar surface area (TPSA) is 26.3 Å². The maximum atomic E-state index is 11.9. The first kappa shape index (κ1) is 13.9. The molecule has 17 heavy (non-hydrogen) atoms. The first-order chi connectivity index (χ1) is 8.11. The van der Waals surface area contributed by atoms with Gasteiger partial charge in [-0.15, -0.1) is 0 Å². The summed E-state index contributed by atoms with van der Waals surface area (Å²) in [4.78, 5) is 11.9. The molecule has 0 spiro atoms. The van der Waals surface area contributed by atoms with Crippen molar-refractivity contribution in [1.29, 1.82) is 0 Å². The predicted molar refractivity (Wildman–Crippen MR) is 70.4 cm³/mol. The molecular formula is C15H22O2. The van der Waals surface area contributed by atoms with E-state index in [0.29, 0.717) is 18.9 Å². The number of benzene rings is 1. The van der Waals surface area contributed by atoms with Crippen LogP contribution >= 0.6 is 0 Å². The van der Waals surface area contributed by atoms with Gasteiger partial charge in [0.25, 0.3) is 0 Å². The second-order valence-electron chi connectivity index (χ2n) is 4.78. The monoisotopic (exact) mass is 234 g/mol. The molecule has 1 aromatic carbocycles. The number of aryl methyl sites for hydroxylation is 1. The van der Waals surface area contributed by atoms with Crippen LogP contribution < -0.4 is 0 Å². The molecule has 0 amide bonds. The summed E-state index contributed by atoms with van der Waals surface area (Å²) in [5.41, 5.74) is 1.86. The van der Waals surface area contributed by atoms with Gasteiger partial charge in [-0.1, -0.05) is 38.1 Å². The molecule has 0 aliphatic carbocycles. The Morgan fingerprint density at radius 2 is 1.94 bits per heavy atom.